The van der Waals surface area contributed by atoms with Crippen molar-refractivity contribution in [1.82, 2.24) is 5.32 Å². The molecule has 0 bridgehead atoms. The zero-order valence-corrected chi connectivity index (χ0v) is 13.8. The Morgan fingerprint density at radius 2 is 1.95 bits per heavy atom. The Morgan fingerprint density at radius 1 is 1.21 bits per heavy atom. The molecule has 2 atom stereocenters. The van der Waals surface area contributed by atoms with Crippen LogP contribution in [0, 0.1) is 5.82 Å². The second kappa shape index (κ2) is 8.70. The van der Waals surface area contributed by atoms with Crippen LogP contribution in [0.15, 0.2) is 22.7 Å². The molecule has 0 spiro atoms. The van der Waals surface area contributed by atoms with E-state index >= 15 is 0 Å². The molecule has 0 heterocycles. The Kier molecular flexibility index (Phi) is 7.62. The van der Waals surface area contributed by atoms with Crippen molar-refractivity contribution in [2.24, 2.45) is 0 Å². The quantitative estimate of drug-likeness (QED) is 0.654. The first kappa shape index (κ1) is 16.6. The highest BCUT2D eigenvalue weighted by Gasteiger charge is 2.15. The number of benzene rings is 1. The van der Waals surface area contributed by atoms with E-state index in [2.05, 4.69) is 35.1 Å². The molecular formula is C16H25BrFN. The van der Waals surface area contributed by atoms with Gasteiger partial charge in [0.2, 0.25) is 0 Å². The summed E-state index contributed by atoms with van der Waals surface area (Å²) >= 11 is 3.41. The number of rotatable bonds is 8. The first-order chi connectivity index (χ1) is 9.08. The van der Waals surface area contributed by atoms with E-state index in [9.17, 15) is 4.39 Å². The first-order valence-electron chi connectivity index (χ1n) is 7.29. The van der Waals surface area contributed by atoms with Crippen LogP contribution >= 0.6 is 15.9 Å². The lowest BCUT2D eigenvalue weighted by Crippen LogP contribution is -2.32. The number of nitrogens with one attached hydrogen (secondary N) is 1. The third-order valence-electron chi connectivity index (χ3n) is 3.45. The number of unbranched alkanes of at least 4 members (excludes halogenated alkanes) is 1. The van der Waals surface area contributed by atoms with Crippen LogP contribution in [0.4, 0.5) is 4.39 Å². The van der Waals surface area contributed by atoms with Crippen molar-refractivity contribution in [3.05, 3.63) is 34.1 Å². The van der Waals surface area contributed by atoms with Crippen LogP contribution in [-0.4, -0.2) is 6.04 Å². The van der Waals surface area contributed by atoms with Crippen molar-refractivity contribution >= 4 is 15.9 Å². The van der Waals surface area contributed by atoms with E-state index in [1.807, 2.05) is 13.0 Å². The van der Waals surface area contributed by atoms with E-state index in [1.54, 1.807) is 6.07 Å². The van der Waals surface area contributed by atoms with Gasteiger partial charge in [0, 0.05) is 22.1 Å². The zero-order chi connectivity index (χ0) is 14.3. The summed E-state index contributed by atoms with van der Waals surface area (Å²) < 4.78 is 14.8. The molecule has 0 radical (unpaired) electrons. The summed E-state index contributed by atoms with van der Waals surface area (Å²) in [5, 5.41) is 3.58. The minimum absolute atomic E-state index is 0.0471. The summed E-state index contributed by atoms with van der Waals surface area (Å²) in [6, 6.07) is 5.67. The molecule has 0 saturated carbocycles. The van der Waals surface area contributed by atoms with Crippen molar-refractivity contribution in [2.45, 2.75) is 65.0 Å². The molecule has 108 valence electrons. The van der Waals surface area contributed by atoms with Gasteiger partial charge in [-0.05, 0) is 38.0 Å². The number of hydrogen-bond acceptors (Lipinski definition) is 1. The van der Waals surface area contributed by atoms with E-state index < -0.39 is 0 Å². The fourth-order valence-electron chi connectivity index (χ4n) is 2.40. The average molecular weight is 330 g/mol. The molecule has 2 unspecified atom stereocenters. The molecule has 0 saturated heterocycles. The molecular weight excluding hydrogens is 305 g/mol. The van der Waals surface area contributed by atoms with Crippen molar-refractivity contribution in [3.63, 3.8) is 0 Å². The van der Waals surface area contributed by atoms with Crippen LogP contribution in [0.25, 0.3) is 0 Å². The summed E-state index contributed by atoms with van der Waals surface area (Å²) in [5.74, 6) is -0.131. The normalized spacial score (nSPS) is 14.4. The van der Waals surface area contributed by atoms with Gasteiger partial charge in [0.05, 0.1) is 0 Å². The summed E-state index contributed by atoms with van der Waals surface area (Å²) in [6.45, 7) is 6.45. The second-order valence-electron chi connectivity index (χ2n) is 5.18. The van der Waals surface area contributed by atoms with E-state index in [0.29, 0.717) is 6.04 Å². The van der Waals surface area contributed by atoms with E-state index in [1.165, 1.54) is 25.3 Å². The summed E-state index contributed by atoms with van der Waals surface area (Å²) in [5.41, 5.74) is 0.743. The third kappa shape index (κ3) is 5.62. The lowest BCUT2D eigenvalue weighted by atomic mass is 10.0. The molecule has 1 aromatic rings. The molecule has 0 fully saturated rings. The topological polar surface area (TPSA) is 12.0 Å². The van der Waals surface area contributed by atoms with Gasteiger partial charge >= 0.3 is 0 Å². The molecule has 1 rings (SSSR count). The lowest BCUT2D eigenvalue weighted by Gasteiger charge is -2.24. The van der Waals surface area contributed by atoms with Crippen LogP contribution in [0.1, 0.15) is 64.5 Å². The minimum atomic E-state index is -0.131. The molecule has 1 aromatic carbocycles. The Hall–Kier alpha value is -0.410. The van der Waals surface area contributed by atoms with Crippen molar-refractivity contribution in [2.75, 3.05) is 0 Å². The largest absolute Gasteiger partial charge is 0.307 e. The molecule has 0 amide bonds. The second-order valence-corrected chi connectivity index (χ2v) is 6.10. The van der Waals surface area contributed by atoms with Gasteiger partial charge in [-0.25, -0.2) is 4.39 Å². The van der Waals surface area contributed by atoms with Gasteiger partial charge in [-0.2, -0.15) is 0 Å². The van der Waals surface area contributed by atoms with Crippen LogP contribution in [-0.2, 0) is 0 Å². The van der Waals surface area contributed by atoms with Gasteiger partial charge in [0.25, 0.3) is 0 Å². The standard InChI is InChI=1S/C16H25BrFN/c1-4-6-8-14(7-5-2)19-12(3)15-11-13(17)9-10-16(15)18/h9-12,14,19H,4-8H2,1-3H3. The van der Waals surface area contributed by atoms with Crippen LogP contribution in [0.2, 0.25) is 0 Å². The summed E-state index contributed by atoms with van der Waals surface area (Å²) in [7, 11) is 0. The SMILES string of the molecule is CCCCC(CCC)NC(C)c1cc(Br)ccc1F. The van der Waals surface area contributed by atoms with Gasteiger partial charge in [0.1, 0.15) is 5.82 Å². The van der Waals surface area contributed by atoms with Gasteiger partial charge in [-0.15, -0.1) is 0 Å². The van der Waals surface area contributed by atoms with Gasteiger partial charge < -0.3 is 5.32 Å². The smallest absolute Gasteiger partial charge is 0.128 e. The predicted octanol–water partition coefficient (Wildman–Crippen LogP) is 5.60. The molecule has 1 N–H and O–H groups in total. The number of hydrogen-bond donors (Lipinski definition) is 1. The molecule has 3 heteroatoms. The van der Waals surface area contributed by atoms with Gasteiger partial charge in [-0.1, -0.05) is 49.0 Å². The highest BCUT2D eigenvalue weighted by molar-refractivity contribution is 9.10. The molecule has 0 aliphatic heterocycles. The van der Waals surface area contributed by atoms with E-state index in [0.717, 1.165) is 22.9 Å². The Bertz CT molecular complexity index is 381. The number of halogens is 2. The maximum Gasteiger partial charge on any atom is 0.128 e. The highest BCUT2D eigenvalue weighted by atomic mass is 79.9. The average Bonchev–Trinajstić information content (AvgIpc) is 2.39. The predicted molar refractivity (Wildman–Crippen MR) is 83.9 cm³/mol. The minimum Gasteiger partial charge on any atom is -0.307 e. The third-order valence-corrected chi connectivity index (χ3v) is 3.95. The fraction of sp³-hybridized carbons (Fsp3) is 0.625. The van der Waals surface area contributed by atoms with Crippen molar-refractivity contribution in [1.29, 1.82) is 0 Å². The van der Waals surface area contributed by atoms with Crippen LogP contribution < -0.4 is 5.32 Å². The molecule has 0 aliphatic carbocycles. The van der Waals surface area contributed by atoms with Crippen molar-refractivity contribution < 1.29 is 4.39 Å². The van der Waals surface area contributed by atoms with E-state index in [4.69, 9.17) is 0 Å². The van der Waals surface area contributed by atoms with Crippen LogP contribution in [0.3, 0.4) is 0 Å². The van der Waals surface area contributed by atoms with Gasteiger partial charge in [-0.3, -0.25) is 0 Å². The van der Waals surface area contributed by atoms with E-state index in [-0.39, 0.29) is 11.9 Å². The molecule has 0 aromatic heterocycles. The maximum absolute atomic E-state index is 13.8. The zero-order valence-electron chi connectivity index (χ0n) is 12.2. The fourth-order valence-corrected chi connectivity index (χ4v) is 2.78. The van der Waals surface area contributed by atoms with Crippen molar-refractivity contribution in [3.8, 4) is 0 Å². The highest BCUT2D eigenvalue weighted by Crippen LogP contribution is 2.23. The summed E-state index contributed by atoms with van der Waals surface area (Å²) in [4.78, 5) is 0. The molecule has 1 nitrogen and oxygen atoms in total. The lowest BCUT2D eigenvalue weighted by molar-refractivity contribution is 0.389. The Balaban J connectivity index is 2.69. The first-order valence-corrected chi connectivity index (χ1v) is 8.08. The summed E-state index contributed by atoms with van der Waals surface area (Å²) in [6.07, 6.45) is 5.92. The molecule has 19 heavy (non-hydrogen) atoms. The maximum atomic E-state index is 13.8. The monoisotopic (exact) mass is 329 g/mol. The molecule has 0 aliphatic rings. The Labute approximate surface area is 125 Å². The Morgan fingerprint density at radius 3 is 2.58 bits per heavy atom. The van der Waals surface area contributed by atoms with Gasteiger partial charge in [0.15, 0.2) is 0 Å². The van der Waals surface area contributed by atoms with Crippen LogP contribution in [0.5, 0.6) is 0 Å².